The number of aliphatic imine (C=N–C) groups is 1. The molecule has 1 aliphatic heterocycles. The number of nitrogens with zero attached hydrogens (tertiary/aromatic N) is 2. The molecule has 0 aromatic heterocycles. The molecule has 12 heavy (non-hydrogen) atoms. The highest BCUT2D eigenvalue weighted by Crippen LogP contribution is 2.10. The van der Waals surface area contributed by atoms with Gasteiger partial charge in [-0.1, -0.05) is 6.92 Å². The first-order valence-corrected chi connectivity index (χ1v) is 4.73. The summed E-state index contributed by atoms with van der Waals surface area (Å²) in [6.45, 7) is 4.36. The van der Waals surface area contributed by atoms with E-state index in [1.807, 2.05) is 0 Å². The van der Waals surface area contributed by atoms with E-state index in [9.17, 15) is 0 Å². The van der Waals surface area contributed by atoms with Crippen molar-refractivity contribution in [2.24, 2.45) is 10.7 Å². The maximum atomic E-state index is 5.74. The topological polar surface area (TPSA) is 41.6 Å². The number of amidine groups is 1. The van der Waals surface area contributed by atoms with Crippen LogP contribution in [0.2, 0.25) is 0 Å². The third-order valence-corrected chi connectivity index (χ3v) is 2.22. The maximum absolute atomic E-state index is 5.74. The van der Waals surface area contributed by atoms with E-state index in [4.69, 9.17) is 5.73 Å². The molecule has 0 amide bonds. The van der Waals surface area contributed by atoms with Gasteiger partial charge in [0.1, 0.15) is 0 Å². The van der Waals surface area contributed by atoms with Crippen molar-refractivity contribution < 1.29 is 0 Å². The Bertz CT molecular complexity index is 165. The smallest absolute Gasteiger partial charge is 0.0940 e. The Kier molecular flexibility index (Phi) is 3.53. The first-order valence-electron chi connectivity index (χ1n) is 4.73. The van der Waals surface area contributed by atoms with Crippen molar-refractivity contribution in [1.82, 2.24) is 4.90 Å². The summed E-state index contributed by atoms with van der Waals surface area (Å²) in [6, 6.07) is 0.460. The number of hydrogen-bond donors (Lipinski definition) is 1. The lowest BCUT2D eigenvalue weighted by molar-refractivity contribution is 0.411. The van der Waals surface area contributed by atoms with E-state index in [2.05, 4.69) is 23.9 Å². The molecule has 0 spiro atoms. The van der Waals surface area contributed by atoms with Crippen LogP contribution in [0.25, 0.3) is 0 Å². The standard InChI is InChI=1S/C9H19N3/c1-3-4-9(10)11-8-5-6-12(2)7-8/h8H,3-7H2,1-2H3,(H2,10,11). The summed E-state index contributed by atoms with van der Waals surface area (Å²) >= 11 is 0. The molecule has 3 nitrogen and oxygen atoms in total. The number of likely N-dealkylation sites (N-methyl/N-ethyl adjacent to an activating group) is 1. The fourth-order valence-corrected chi connectivity index (χ4v) is 1.57. The van der Waals surface area contributed by atoms with Crippen molar-refractivity contribution in [3.05, 3.63) is 0 Å². The Morgan fingerprint density at radius 1 is 1.67 bits per heavy atom. The van der Waals surface area contributed by atoms with Crippen LogP contribution >= 0.6 is 0 Å². The molecule has 0 radical (unpaired) electrons. The maximum Gasteiger partial charge on any atom is 0.0940 e. The number of hydrogen-bond acceptors (Lipinski definition) is 2. The van der Waals surface area contributed by atoms with E-state index in [1.165, 1.54) is 6.42 Å². The van der Waals surface area contributed by atoms with Crippen LogP contribution in [0.1, 0.15) is 26.2 Å². The minimum absolute atomic E-state index is 0.460. The predicted octanol–water partition coefficient (Wildman–Crippen LogP) is 0.848. The molecule has 1 fully saturated rings. The second-order valence-electron chi connectivity index (χ2n) is 3.58. The molecule has 0 aromatic rings. The van der Waals surface area contributed by atoms with Gasteiger partial charge in [0, 0.05) is 13.0 Å². The van der Waals surface area contributed by atoms with Crippen LogP contribution in [0.15, 0.2) is 4.99 Å². The molecular weight excluding hydrogens is 150 g/mol. The summed E-state index contributed by atoms with van der Waals surface area (Å²) in [5.74, 6) is 0.831. The molecule has 3 heteroatoms. The monoisotopic (exact) mass is 169 g/mol. The van der Waals surface area contributed by atoms with Crippen LogP contribution in [0.5, 0.6) is 0 Å². The minimum atomic E-state index is 0.460. The molecule has 0 aliphatic carbocycles. The molecule has 0 saturated carbocycles. The zero-order valence-electron chi connectivity index (χ0n) is 8.08. The first-order chi connectivity index (χ1) is 5.72. The average molecular weight is 169 g/mol. The molecule has 0 aromatic carbocycles. The van der Waals surface area contributed by atoms with Crippen LogP contribution in [0, 0.1) is 0 Å². The lowest BCUT2D eigenvalue weighted by atomic mass is 10.2. The van der Waals surface area contributed by atoms with Crippen molar-refractivity contribution >= 4 is 5.84 Å². The largest absolute Gasteiger partial charge is 0.387 e. The van der Waals surface area contributed by atoms with Gasteiger partial charge in [-0.3, -0.25) is 4.99 Å². The van der Waals surface area contributed by atoms with E-state index < -0.39 is 0 Å². The van der Waals surface area contributed by atoms with Gasteiger partial charge in [0.05, 0.1) is 11.9 Å². The van der Waals surface area contributed by atoms with Gasteiger partial charge in [0.25, 0.3) is 0 Å². The Hall–Kier alpha value is -0.570. The summed E-state index contributed by atoms with van der Waals surface area (Å²) in [5.41, 5.74) is 5.74. The Balaban J connectivity index is 2.34. The summed E-state index contributed by atoms with van der Waals surface area (Å²) in [6.07, 6.45) is 3.21. The number of nitrogens with two attached hydrogens (primary N) is 1. The van der Waals surface area contributed by atoms with Crippen LogP contribution < -0.4 is 5.73 Å². The summed E-state index contributed by atoms with van der Waals surface area (Å²) in [5, 5.41) is 0. The van der Waals surface area contributed by atoms with Gasteiger partial charge >= 0.3 is 0 Å². The molecule has 2 N–H and O–H groups in total. The highest BCUT2D eigenvalue weighted by Gasteiger charge is 2.18. The molecule has 1 unspecified atom stereocenters. The van der Waals surface area contributed by atoms with Gasteiger partial charge < -0.3 is 10.6 Å². The molecule has 1 rings (SSSR count). The second-order valence-corrected chi connectivity index (χ2v) is 3.58. The van der Waals surface area contributed by atoms with Crippen molar-refractivity contribution in [2.75, 3.05) is 20.1 Å². The first kappa shape index (κ1) is 9.52. The van der Waals surface area contributed by atoms with Crippen LogP contribution in [0.3, 0.4) is 0 Å². The van der Waals surface area contributed by atoms with Crippen molar-refractivity contribution in [3.8, 4) is 0 Å². The van der Waals surface area contributed by atoms with Gasteiger partial charge in [-0.2, -0.15) is 0 Å². The third kappa shape index (κ3) is 2.81. The van der Waals surface area contributed by atoms with E-state index in [0.717, 1.165) is 31.8 Å². The Labute approximate surface area is 74.6 Å². The second kappa shape index (κ2) is 4.45. The highest BCUT2D eigenvalue weighted by molar-refractivity contribution is 5.80. The van der Waals surface area contributed by atoms with Gasteiger partial charge in [-0.15, -0.1) is 0 Å². The van der Waals surface area contributed by atoms with Crippen molar-refractivity contribution in [3.63, 3.8) is 0 Å². The average Bonchev–Trinajstić information content (AvgIpc) is 2.36. The number of likely N-dealkylation sites (tertiary alicyclic amines) is 1. The quantitative estimate of drug-likeness (QED) is 0.502. The SMILES string of the molecule is CCCC(N)=NC1CCN(C)C1. The molecule has 1 heterocycles. The van der Waals surface area contributed by atoms with Crippen molar-refractivity contribution in [2.45, 2.75) is 32.2 Å². The fourth-order valence-electron chi connectivity index (χ4n) is 1.57. The summed E-state index contributed by atoms with van der Waals surface area (Å²) in [4.78, 5) is 6.77. The van der Waals surface area contributed by atoms with E-state index in [1.54, 1.807) is 0 Å². The van der Waals surface area contributed by atoms with Gasteiger partial charge in [0.2, 0.25) is 0 Å². The molecule has 70 valence electrons. The Morgan fingerprint density at radius 3 is 2.92 bits per heavy atom. The zero-order chi connectivity index (χ0) is 8.97. The van der Waals surface area contributed by atoms with Crippen LogP contribution in [-0.2, 0) is 0 Å². The highest BCUT2D eigenvalue weighted by atomic mass is 15.1. The summed E-state index contributed by atoms with van der Waals surface area (Å²) in [7, 11) is 2.13. The van der Waals surface area contributed by atoms with Crippen LogP contribution in [-0.4, -0.2) is 36.9 Å². The fraction of sp³-hybridized carbons (Fsp3) is 0.889. The minimum Gasteiger partial charge on any atom is -0.387 e. The molecule has 0 bridgehead atoms. The van der Waals surface area contributed by atoms with Gasteiger partial charge in [0.15, 0.2) is 0 Å². The van der Waals surface area contributed by atoms with E-state index >= 15 is 0 Å². The van der Waals surface area contributed by atoms with Crippen molar-refractivity contribution in [1.29, 1.82) is 0 Å². The number of rotatable bonds is 3. The molecular formula is C9H19N3. The van der Waals surface area contributed by atoms with Gasteiger partial charge in [-0.05, 0) is 26.4 Å². The van der Waals surface area contributed by atoms with Crippen LogP contribution in [0.4, 0.5) is 0 Å². The molecule has 1 aliphatic rings. The molecule has 1 atom stereocenters. The molecule has 1 saturated heterocycles. The zero-order valence-corrected chi connectivity index (χ0v) is 8.08. The lowest BCUT2D eigenvalue weighted by Crippen LogP contribution is -2.19. The predicted molar refractivity (Wildman–Crippen MR) is 52.4 cm³/mol. The Morgan fingerprint density at radius 2 is 2.42 bits per heavy atom. The lowest BCUT2D eigenvalue weighted by Gasteiger charge is -2.06. The summed E-state index contributed by atoms with van der Waals surface area (Å²) < 4.78 is 0. The van der Waals surface area contributed by atoms with E-state index in [0.29, 0.717) is 6.04 Å². The van der Waals surface area contributed by atoms with Gasteiger partial charge in [-0.25, -0.2) is 0 Å². The third-order valence-electron chi connectivity index (χ3n) is 2.22. The van der Waals surface area contributed by atoms with E-state index in [-0.39, 0.29) is 0 Å². The normalized spacial score (nSPS) is 26.5.